The minimum Gasteiger partial charge on any atom is -0.508 e. The SMILES string of the molecule is Cc1cc(O)cc(Oc2cccc(C#N)c2[N+](=O)[O-])c1. The first-order chi connectivity index (χ1) is 9.51. The van der Waals surface area contributed by atoms with Gasteiger partial charge in [-0.3, -0.25) is 10.1 Å². The molecule has 0 aliphatic rings. The molecule has 0 aliphatic carbocycles. The van der Waals surface area contributed by atoms with Crippen molar-refractivity contribution in [2.75, 3.05) is 0 Å². The Morgan fingerprint density at radius 3 is 2.70 bits per heavy atom. The molecule has 6 nitrogen and oxygen atoms in total. The highest BCUT2D eigenvalue weighted by molar-refractivity contribution is 5.59. The standard InChI is InChI=1S/C14H10N2O4/c1-9-5-11(17)7-12(6-9)20-13-4-2-3-10(8-15)14(13)16(18)19/h2-7,17H,1H3. The molecule has 0 amide bonds. The fourth-order valence-electron chi connectivity index (χ4n) is 1.80. The molecule has 0 bridgehead atoms. The summed E-state index contributed by atoms with van der Waals surface area (Å²) in [4.78, 5) is 10.4. The van der Waals surface area contributed by atoms with Crippen LogP contribution in [0.25, 0.3) is 0 Å². The van der Waals surface area contributed by atoms with Gasteiger partial charge in [-0.2, -0.15) is 5.26 Å². The molecule has 100 valence electrons. The van der Waals surface area contributed by atoms with Crippen molar-refractivity contribution in [2.24, 2.45) is 0 Å². The Morgan fingerprint density at radius 1 is 1.35 bits per heavy atom. The predicted molar refractivity (Wildman–Crippen MR) is 70.7 cm³/mol. The smallest absolute Gasteiger partial charge is 0.329 e. The minimum absolute atomic E-state index is 0.000842. The van der Waals surface area contributed by atoms with Gasteiger partial charge in [0.05, 0.1) is 4.92 Å². The molecule has 2 rings (SSSR count). The van der Waals surface area contributed by atoms with Gasteiger partial charge in [0, 0.05) is 6.07 Å². The topological polar surface area (TPSA) is 96.4 Å². The van der Waals surface area contributed by atoms with E-state index in [4.69, 9.17) is 10.00 Å². The first-order valence-electron chi connectivity index (χ1n) is 5.67. The maximum Gasteiger partial charge on any atom is 0.329 e. The number of hydrogen-bond acceptors (Lipinski definition) is 5. The third-order valence-corrected chi connectivity index (χ3v) is 2.57. The van der Waals surface area contributed by atoms with Gasteiger partial charge in [-0.15, -0.1) is 0 Å². The summed E-state index contributed by atoms with van der Waals surface area (Å²) in [6.07, 6.45) is 0. The van der Waals surface area contributed by atoms with Gasteiger partial charge in [-0.25, -0.2) is 0 Å². The second-order valence-electron chi connectivity index (χ2n) is 4.13. The number of ether oxygens (including phenoxy) is 1. The predicted octanol–water partition coefficient (Wildman–Crippen LogP) is 3.27. The summed E-state index contributed by atoms with van der Waals surface area (Å²) >= 11 is 0. The summed E-state index contributed by atoms with van der Waals surface area (Å²) in [5, 5.41) is 29.4. The van der Waals surface area contributed by atoms with Gasteiger partial charge in [-0.1, -0.05) is 6.07 Å². The number of nitrogens with zero attached hydrogens (tertiary/aromatic N) is 2. The lowest BCUT2D eigenvalue weighted by Gasteiger charge is -2.08. The van der Waals surface area contributed by atoms with Crippen LogP contribution in [0.5, 0.6) is 17.2 Å². The second kappa shape index (κ2) is 5.28. The molecule has 0 atom stereocenters. The third-order valence-electron chi connectivity index (χ3n) is 2.57. The number of nitro groups is 1. The Bertz CT molecular complexity index is 699. The van der Waals surface area contributed by atoms with Crippen LogP contribution in [0.15, 0.2) is 36.4 Å². The number of rotatable bonds is 3. The van der Waals surface area contributed by atoms with E-state index in [1.54, 1.807) is 19.1 Å². The first-order valence-corrected chi connectivity index (χ1v) is 5.67. The summed E-state index contributed by atoms with van der Waals surface area (Å²) in [6, 6.07) is 10.5. The third kappa shape index (κ3) is 2.67. The monoisotopic (exact) mass is 270 g/mol. The molecular weight excluding hydrogens is 260 g/mol. The largest absolute Gasteiger partial charge is 0.508 e. The summed E-state index contributed by atoms with van der Waals surface area (Å²) in [6.45, 7) is 1.76. The van der Waals surface area contributed by atoms with Gasteiger partial charge in [0.15, 0.2) is 0 Å². The van der Waals surface area contributed by atoms with Crippen LogP contribution in [0.2, 0.25) is 0 Å². The average molecular weight is 270 g/mol. The summed E-state index contributed by atoms with van der Waals surface area (Å²) in [7, 11) is 0. The van der Waals surface area contributed by atoms with Crippen LogP contribution in [-0.2, 0) is 0 Å². The van der Waals surface area contributed by atoms with Crippen molar-refractivity contribution < 1.29 is 14.8 Å². The first kappa shape index (κ1) is 13.4. The van der Waals surface area contributed by atoms with Crippen molar-refractivity contribution >= 4 is 5.69 Å². The Kier molecular flexibility index (Phi) is 3.53. The molecule has 0 aliphatic heterocycles. The van der Waals surface area contributed by atoms with E-state index >= 15 is 0 Å². The van der Waals surface area contributed by atoms with Gasteiger partial charge in [0.25, 0.3) is 0 Å². The summed E-state index contributed by atoms with van der Waals surface area (Å²) < 4.78 is 5.42. The highest BCUT2D eigenvalue weighted by atomic mass is 16.6. The van der Waals surface area contributed by atoms with E-state index in [1.165, 1.54) is 30.3 Å². The van der Waals surface area contributed by atoms with E-state index in [0.29, 0.717) is 0 Å². The normalized spacial score (nSPS) is 9.80. The van der Waals surface area contributed by atoms with Gasteiger partial charge >= 0.3 is 5.69 Å². The molecule has 0 fully saturated rings. The molecular formula is C14H10N2O4. The van der Waals surface area contributed by atoms with E-state index in [0.717, 1.165) is 5.56 Å². The Morgan fingerprint density at radius 2 is 2.10 bits per heavy atom. The molecule has 0 spiro atoms. The number of para-hydroxylation sites is 1. The number of hydrogen-bond donors (Lipinski definition) is 1. The van der Waals surface area contributed by atoms with Crippen LogP contribution in [0, 0.1) is 28.4 Å². The number of nitriles is 1. The number of nitro benzene ring substituents is 1. The molecule has 0 unspecified atom stereocenters. The number of phenols is 1. The van der Waals surface area contributed by atoms with Crippen molar-refractivity contribution in [1.82, 2.24) is 0 Å². The average Bonchev–Trinajstić information content (AvgIpc) is 2.36. The van der Waals surface area contributed by atoms with Gasteiger partial charge in [-0.05, 0) is 36.8 Å². The quantitative estimate of drug-likeness (QED) is 0.681. The maximum absolute atomic E-state index is 11.1. The van der Waals surface area contributed by atoms with Crippen molar-refractivity contribution in [3.63, 3.8) is 0 Å². The van der Waals surface area contributed by atoms with E-state index in [2.05, 4.69) is 0 Å². The van der Waals surface area contributed by atoms with Gasteiger partial charge < -0.3 is 9.84 Å². The van der Waals surface area contributed by atoms with Crippen molar-refractivity contribution in [3.8, 4) is 23.3 Å². The van der Waals surface area contributed by atoms with Crippen LogP contribution in [0.1, 0.15) is 11.1 Å². The van der Waals surface area contributed by atoms with Crippen LogP contribution in [0.3, 0.4) is 0 Å². The lowest BCUT2D eigenvalue weighted by Crippen LogP contribution is -1.96. The fourth-order valence-corrected chi connectivity index (χ4v) is 1.80. The molecule has 0 saturated carbocycles. The van der Waals surface area contributed by atoms with E-state index < -0.39 is 10.6 Å². The van der Waals surface area contributed by atoms with Crippen LogP contribution >= 0.6 is 0 Å². The zero-order valence-electron chi connectivity index (χ0n) is 10.5. The highest BCUT2D eigenvalue weighted by Gasteiger charge is 2.21. The summed E-state index contributed by atoms with van der Waals surface area (Å²) in [5.41, 5.74) is 0.277. The lowest BCUT2D eigenvalue weighted by atomic mass is 10.2. The molecule has 2 aromatic carbocycles. The second-order valence-corrected chi connectivity index (χ2v) is 4.13. The minimum atomic E-state index is -0.663. The molecule has 6 heteroatoms. The number of benzene rings is 2. The molecule has 0 saturated heterocycles. The maximum atomic E-state index is 11.1. The van der Waals surface area contributed by atoms with Gasteiger partial charge in [0.1, 0.15) is 23.1 Å². The van der Waals surface area contributed by atoms with Crippen LogP contribution in [0.4, 0.5) is 5.69 Å². The Labute approximate surface area is 114 Å². The van der Waals surface area contributed by atoms with E-state index in [9.17, 15) is 15.2 Å². The number of aromatic hydroxyl groups is 1. The van der Waals surface area contributed by atoms with Crippen LogP contribution < -0.4 is 4.74 Å². The zero-order chi connectivity index (χ0) is 14.7. The zero-order valence-corrected chi connectivity index (χ0v) is 10.5. The van der Waals surface area contributed by atoms with Crippen molar-refractivity contribution in [1.29, 1.82) is 5.26 Å². The van der Waals surface area contributed by atoms with E-state index in [-0.39, 0.29) is 22.8 Å². The molecule has 1 N–H and O–H groups in total. The van der Waals surface area contributed by atoms with E-state index in [1.807, 2.05) is 0 Å². The molecule has 0 aromatic heterocycles. The fraction of sp³-hybridized carbons (Fsp3) is 0.0714. The summed E-state index contributed by atoms with van der Waals surface area (Å²) in [5.74, 6) is 0.221. The number of aryl methyl sites for hydroxylation is 1. The molecule has 2 aromatic rings. The Balaban J connectivity index is 2.49. The number of phenolic OH excluding ortho intramolecular Hbond substituents is 1. The van der Waals surface area contributed by atoms with Crippen molar-refractivity contribution in [3.05, 3.63) is 57.6 Å². The molecule has 0 radical (unpaired) electrons. The van der Waals surface area contributed by atoms with Crippen molar-refractivity contribution in [2.45, 2.75) is 6.92 Å². The Hall–Kier alpha value is -3.07. The lowest BCUT2D eigenvalue weighted by molar-refractivity contribution is -0.385. The highest BCUT2D eigenvalue weighted by Crippen LogP contribution is 2.35. The van der Waals surface area contributed by atoms with Crippen LogP contribution in [-0.4, -0.2) is 10.0 Å². The van der Waals surface area contributed by atoms with Gasteiger partial charge in [0.2, 0.25) is 5.75 Å². The molecule has 20 heavy (non-hydrogen) atoms. The molecule has 0 heterocycles.